The van der Waals surface area contributed by atoms with E-state index in [4.69, 9.17) is 17.3 Å². The van der Waals surface area contributed by atoms with E-state index in [0.717, 1.165) is 6.42 Å². The standard InChI is InChI=1S/C14H20ClN3O2.ClH/c1-4-14(2,3)18-13(20)10-6-5-9(7-11(10)15)17-12(19)8-16;/h5-7H,4,8,16H2,1-3H3,(H,17,19)(H,18,20);1H. The third kappa shape index (κ3) is 5.91. The fourth-order valence-electron chi connectivity index (χ4n) is 1.45. The number of benzene rings is 1. The molecule has 118 valence electrons. The van der Waals surface area contributed by atoms with Crippen molar-refractivity contribution in [2.75, 3.05) is 11.9 Å². The second-order valence-corrected chi connectivity index (χ2v) is 5.55. The second kappa shape index (κ2) is 8.22. The molecule has 0 saturated carbocycles. The van der Waals surface area contributed by atoms with Crippen LogP contribution in [0.2, 0.25) is 5.02 Å². The van der Waals surface area contributed by atoms with E-state index in [0.29, 0.717) is 11.3 Å². The number of amides is 2. The molecule has 7 heteroatoms. The van der Waals surface area contributed by atoms with Gasteiger partial charge in [0.1, 0.15) is 0 Å². The summed E-state index contributed by atoms with van der Waals surface area (Å²) in [5, 5.41) is 5.76. The Morgan fingerprint density at radius 2 is 1.95 bits per heavy atom. The van der Waals surface area contributed by atoms with Crippen LogP contribution in [0.25, 0.3) is 0 Å². The Morgan fingerprint density at radius 3 is 2.43 bits per heavy atom. The van der Waals surface area contributed by atoms with E-state index in [1.807, 2.05) is 20.8 Å². The molecule has 0 aromatic heterocycles. The number of rotatable bonds is 5. The molecule has 0 bridgehead atoms. The molecule has 1 aromatic carbocycles. The molecule has 0 radical (unpaired) electrons. The Hall–Kier alpha value is -1.30. The average Bonchev–Trinajstić information content (AvgIpc) is 2.38. The number of carbonyl (C=O) groups excluding carboxylic acids is 2. The first-order valence-corrected chi connectivity index (χ1v) is 6.79. The minimum Gasteiger partial charge on any atom is -0.347 e. The zero-order valence-corrected chi connectivity index (χ0v) is 13.9. The van der Waals surface area contributed by atoms with Crippen LogP contribution < -0.4 is 16.4 Å². The van der Waals surface area contributed by atoms with Gasteiger partial charge in [-0.2, -0.15) is 0 Å². The van der Waals surface area contributed by atoms with Gasteiger partial charge >= 0.3 is 0 Å². The summed E-state index contributed by atoms with van der Waals surface area (Å²) in [4.78, 5) is 23.3. The number of nitrogens with one attached hydrogen (secondary N) is 2. The Kier molecular flexibility index (Phi) is 7.71. The molecular weight excluding hydrogens is 313 g/mol. The van der Waals surface area contributed by atoms with Gasteiger partial charge in [-0.05, 0) is 38.5 Å². The molecule has 1 aromatic rings. The lowest BCUT2D eigenvalue weighted by Crippen LogP contribution is -2.42. The van der Waals surface area contributed by atoms with Crippen molar-refractivity contribution in [3.63, 3.8) is 0 Å². The van der Waals surface area contributed by atoms with E-state index < -0.39 is 0 Å². The quantitative estimate of drug-likeness (QED) is 0.774. The minimum absolute atomic E-state index is 0. The van der Waals surface area contributed by atoms with Crippen molar-refractivity contribution in [3.05, 3.63) is 28.8 Å². The monoisotopic (exact) mass is 333 g/mol. The number of carbonyl (C=O) groups is 2. The van der Waals surface area contributed by atoms with E-state index >= 15 is 0 Å². The molecule has 0 aliphatic rings. The highest BCUT2D eigenvalue weighted by atomic mass is 35.5. The van der Waals surface area contributed by atoms with Crippen LogP contribution in [-0.4, -0.2) is 23.9 Å². The lowest BCUT2D eigenvalue weighted by atomic mass is 10.0. The van der Waals surface area contributed by atoms with Gasteiger partial charge in [-0.1, -0.05) is 18.5 Å². The third-order valence-electron chi connectivity index (χ3n) is 3.02. The first kappa shape index (κ1) is 19.7. The van der Waals surface area contributed by atoms with E-state index in [1.54, 1.807) is 12.1 Å². The summed E-state index contributed by atoms with van der Waals surface area (Å²) >= 11 is 6.08. The fraction of sp³-hybridized carbons (Fsp3) is 0.429. The highest BCUT2D eigenvalue weighted by Crippen LogP contribution is 2.22. The van der Waals surface area contributed by atoms with Crippen LogP contribution in [0, 0.1) is 0 Å². The highest BCUT2D eigenvalue weighted by Gasteiger charge is 2.20. The van der Waals surface area contributed by atoms with Crippen molar-refractivity contribution >= 4 is 41.5 Å². The van der Waals surface area contributed by atoms with Gasteiger partial charge < -0.3 is 16.4 Å². The summed E-state index contributed by atoms with van der Waals surface area (Å²) in [5.74, 6) is -0.552. The first-order chi connectivity index (χ1) is 9.29. The van der Waals surface area contributed by atoms with Crippen LogP contribution in [0.15, 0.2) is 18.2 Å². The van der Waals surface area contributed by atoms with Gasteiger partial charge in [-0.25, -0.2) is 0 Å². The van der Waals surface area contributed by atoms with Crippen molar-refractivity contribution in [2.24, 2.45) is 5.73 Å². The lowest BCUT2D eigenvalue weighted by molar-refractivity contribution is -0.114. The van der Waals surface area contributed by atoms with Gasteiger partial charge in [0.05, 0.1) is 17.1 Å². The Labute approximate surface area is 136 Å². The topological polar surface area (TPSA) is 84.2 Å². The Balaban J connectivity index is 0.00000400. The van der Waals surface area contributed by atoms with Crippen molar-refractivity contribution in [1.82, 2.24) is 5.32 Å². The van der Waals surface area contributed by atoms with E-state index in [9.17, 15) is 9.59 Å². The maximum absolute atomic E-state index is 12.1. The fourth-order valence-corrected chi connectivity index (χ4v) is 1.72. The summed E-state index contributed by atoms with van der Waals surface area (Å²) in [7, 11) is 0. The molecule has 0 unspecified atom stereocenters. The number of anilines is 1. The minimum atomic E-state index is -0.314. The Morgan fingerprint density at radius 1 is 1.33 bits per heavy atom. The largest absolute Gasteiger partial charge is 0.347 e. The SMILES string of the molecule is CCC(C)(C)NC(=O)c1ccc(NC(=O)CN)cc1Cl.Cl. The molecule has 5 nitrogen and oxygen atoms in total. The van der Waals surface area contributed by atoms with Crippen LogP contribution >= 0.6 is 24.0 Å². The molecule has 0 aliphatic carbocycles. The molecule has 21 heavy (non-hydrogen) atoms. The van der Waals surface area contributed by atoms with Crippen molar-refractivity contribution < 1.29 is 9.59 Å². The van der Waals surface area contributed by atoms with Crippen LogP contribution in [0.1, 0.15) is 37.6 Å². The molecule has 0 aliphatic heterocycles. The van der Waals surface area contributed by atoms with Crippen LogP contribution in [-0.2, 0) is 4.79 Å². The normalized spacial score (nSPS) is 10.5. The zero-order valence-electron chi connectivity index (χ0n) is 12.3. The van der Waals surface area contributed by atoms with Crippen LogP contribution in [0.5, 0.6) is 0 Å². The van der Waals surface area contributed by atoms with Gasteiger partial charge in [0.2, 0.25) is 5.91 Å². The van der Waals surface area contributed by atoms with Crippen LogP contribution in [0.3, 0.4) is 0 Å². The molecule has 0 atom stereocenters. The van der Waals surface area contributed by atoms with Crippen LogP contribution in [0.4, 0.5) is 5.69 Å². The molecule has 0 spiro atoms. The van der Waals surface area contributed by atoms with Gasteiger partial charge in [-0.3, -0.25) is 9.59 Å². The van der Waals surface area contributed by atoms with E-state index in [1.165, 1.54) is 6.07 Å². The van der Waals surface area contributed by atoms with Gasteiger partial charge in [-0.15, -0.1) is 12.4 Å². The number of nitrogens with two attached hydrogens (primary N) is 1. The van der Waals surface area contributed by atoms with Gasteiger partial charge in [0.25, 0.3) is 5.91 Å². The molecule has 4 N–H and O–H groups in total. The third-order valence-corrected chi connectivity index (χ3v) is 3.33. The summed E-state index contributed by atoms with van der Waals surface area (Å²) in [6.45, 7) is 5.77. The van der Waals surface area contributed by atoms with Crippen molar-refractivity contribution in [1.29, 1.82) is 0 Å². The predicted octanol–water partition coefficient (Wildman–Crippen LogP) is 2.58. The van der Waals surface area contributed by atoms with E-state index in [2.05, 4.69) is 10.6 Å². The Bertz CT molecular complexity index is 519. The van der Waals surface area contributed by atoms with E-state index in [-0.39, 0.29) is 41.3 Å². The average molecular weight is 334 g/mol. The van der Waals surface area contributed by atoms with Crippen molar-refractivity contribution in [3.8, 4) is 0 Å². The number of hydrogen-bond donors (Lipinski definition) is 3. The smallest absolute Gasteiger partial charge is 0.253 e. The molecule has 0 saturated heterocycles. The first-order valence-electron chi connectivity index (χ1n) is 6.41. The molecule has 2 amide bonds. The summed E-state index contributed by atoms with van der Waals surface area (Å²) in [5.41, 5.74) is 5.80. The van der Waals surface area contributed by atoms with Crippen molar-refractivity contribution in [2.45, 2.75) is 32.7 Å². The van der Waals surface area contributed by atoms with Gasteiger partial charge in [0.15, 0.2) is 0 Å². The summed E-state index contributed by atoms with van der Waals surface area (Å²) in [6, 6.07) is 4.73. The maximum Gasteiger partial charge on any atom is 0.253 e. The summed E-state index contributed by atoms with van der Waals surface area (Å²) in [6.07, 6.45) is 0.807. The lowest BCUT2D eigenvalue weighted by Gasteiger charge is -2.24. The molecular formula is C14H21Cl2N3O2. The maximum atomic E-state index is 12.1. The number of halogens is 2. The molecule has 0 fully saturated rings. The second-order valence-electron chi connectivity index (χ2n) is 5.14. The number of hydrogen-bond acceptors (Lipinski definition) is 3. The molecule has 1 rings (SSSR count). The molecule has 0 heterocycles. The highest BCUT2D eigenvalue weighted by molar-refractivity contribution is 6.34. The summed E-state index contributed by atoms with van der Waals surface area (Å²) < 4.78 is 0. The predicted molar refractivity (Wildman–Crippen MR) is 88.2 cm³/mol. The zero-order chi connectivity index (χ0) is 15.3. The van der Waals surface area contributed by atoms with Gasteiger partial charge in [0, 0.05) is 11.2 Å².